The lowest BCUT2D eigenvalue weighted by Gasteiger charge is -2.28. The first-order valence-electron chi connectivity index (χ1n) is 9.96. The minimum atomic E-state index is -4.87. The molecule has 0 aliphatic carbocycles. The summed E-state index contributed by atoms with van der Waals surface area (Å²) in [5, 5.41) is -0.169. The van der Waals surface area contributed by atoms with Crippen LogP contribution in [0.3, 0.4) is 0 Å². The highest BCUT2D eigenvalue weighted by Crippen LogP contribution is 2.37. The average molecular weight is 520 g/mol. The van der Waals surface area contributed by atoms with E-state index in [9.17, 15) is 18.0 Å². The Morgan fingerprint density at radius 2 is 1.76 bits per heavy atom. The van der Waals surface area contributed by atoms with E-state index >= 15 is 0 Å². The van der Waals surface area contributed by atoms with Gasteiger partial charge in [-0.2, -0.15) is 4.21 Å². The van der Waals surface area contributed by atoms with Crippen LogP contribution in [0.25, 0.3) is 0 Å². The summed E-state index contributed by atoms with van der Waals surface area (Å²) in [4.78, 5) is 16.4. The first kappa shape index (κ1) is 27.7. The van der Waals surface area contributed by atoms with Crippen LogP contribution in [0, 0.1) is 5.92 Å². The maximum absolute atomic E-state index is 13.0. The summed E-state index contributed by atoms with van der Waals surface area (Å²) in [6.45, 7) is 1.69. The van der Waals surface area contributed by atoms with Crippen molar-refractivity contribution in [1.82, 2.24) is 4.90 Å². The van der Waals surface area contributed by atoms with E-state index in [1.54, 1.807) is 30.3 Å². The molecule has 1 aliphatic rings. The Morgan fingerprint density at radius 3 is 2.32 bits per heavy atom. The van der Waals surface area contributed by atoms with Gasteiger partial charge in [-0.1, -0.05) is 24.3 Å². The van der Waals surface area contributed by atoms with Gasteiger partial charge in [-0.3, -0.25) is 18.8 Å². The Kier molecular flexibility index (Phi) is 9.94. The molecule has 2 aromatic carbocycles. The molecule has 0 bridgehead atoms. The van der Waals surface area contributed by atoms with Crippen molar-refractivity contribution in [3.8, 4) is 5.75 Å². The Balaban J connectivity index is 0.000000945. The van der Waals surface area contributed by atoms with Crippen molar-refractivity contribution in [2.45, 2.75) is 19.2 Å². The van der Waals surface area contributed by atoms with Gasteiger partial charge in [0.15, 0.2) is 16.6 Å². The lowest BCUT2D eigenvalue weighted by atomic mass is 9.89. The van der Waals surface area contributed by atoms with Crippen molar-refractivity contribution < 1.29 is 36.0 Å². The van der Waals surface area contributed by atoms with Crippen LogP contribution < -0.4 is 15.4 Å². The van der Waals surface area contributed by atoms with Crippen LogP contribution in [-0.2, 0) is 11.4 Å². The predicted molar refractivity (Wildman–Crippen MR) is 126 cm³/mol. The number of likely N-dealkylation sites (tertiary alicyclic amines) is 1. The second kappa shape index (κ2) is 12.2. The fourth-order valence-corrected chi connectivity index (χ4v) is 3.75. The van der Waals surface area contributed by atoms with Crippen molar-refractivity contribution in [3.63, 3.8) is 0 Å². The van der Waals surface area contributed by atoms with Gasteiger partial charge in [0.05, 0.1) is 5.69 Å². The maximum atomic E-state index is 13.0. The molecule has 8 nitrogen and oxygen atoms in total. The molecule has 3 rings (SSSR count). The molecule has 34 heavy (non-hydrogen) atoms. The third-order valence-electron chi connectivity index (χ3n) is 5.03. The van der Waals surface area contributed by atoms with Crippen LogP contribution in [0.4, 0.5) is 24.5 Å². The highest BCUT2D eigenvalue weighted by atomic mass is 32.2. The predicted octanol–water partition coefficient (Wildman–Crippen LogP) is 4.17. The molecule has 2 aromatic rings. The third-order valence-corrected chi connectivity index (χ3v) is 5.21. The molecular weight excluding hydrogens is 495 g/mol. The molecule has 1 saturated heterocycles. The fraction of sp³-hybridized carbons (Fsp3) is 0.333. The molecule has 0 atom stereocenters. The van der Waals surface area contributed by atoms with Crippen molar-refractivity contribution in [2.75, 3.05) is 25.0 Å². The Bertz CT molecular complexity index is 1030. The molecule has 0 spiro atoms. The number of Topliss-reactive ketones (excluding diaryl/α,β-unsaturated/α-hetero) is 1. The van der Waals surface area contributed by atoms with E-state index in [1.165, 1.54) is 23.1 Å². The molecule has 1 fully saturated rings. The number of benzene rings is 2. The Labute approximate surface area is 202 Å². The summed E-state index contributed by atoms with van der Waals surface area (Å²) in [6.07, 6.45) is -3.34. The van der Waals surface area contributed by atoms with Gasteiger partial charge < -0.3 is 15.4 Å². The Hall–Kier alpha value is -2.58. The van der Waals surface area contributed by atoms with Crippen LogP contribution >= 0.6 is 12.2 Å². The number of nitrogens with zero attached hydrogens (tertiary/aromatic N) is 2. The number of anilines is 2. The zero-order valence-electron chi connectivity index (χ0n) is 18.1. The van der Waals surface area contributed by atoms with Crippen LogP contribution in [0.1, 0.15) is 23.2 Å². The van der Waals surface area contributed by atoms with Gasteiger partial charge in [-0.25, -0.2) is 0 Å². The summed E-state index contributed by atoms with van der Waals surface area (Å²) in [6, 6.07) is 12.2. The minimum absolute atomic E-state index is 0.00710. The summed E-state index contributed by atoms with van der Waals surface area (Å²) in [7, 11) is 2.02. The number of alkyl halides is 3. The second-order valence-electron chi connectivity index (χ2n) is 7.41. The Morgan fingerprint density at radius 1 is 1.18 bits per heavy atom. The monoisotopic (exact) mass is 519 g/mol. The first-order chi connectivity index (χ1) is 15.9. The topological polar surface area (TPSA) is 116 Å². The van der Waals surface area contributed by atoms with Gasteiger partial charge in [-0.05, 0) is 69.5 Å². The van der Waals surface area contributed by atoms with Crippen molar-refractivity contribution in [1.29, 1.82) is 0 Å². The van der Waals surface area contributed by atoms with Crippen LogP contribution in [0.5, 0.6) is 5.75 Å². The summed E-state index contributed by atoms with van der Waals surface area (Å²) >= 11 is 2.49. The number of thiocarbonyl (C=S) groups is 1. The number of ketones is 1. The van der Waals surface area contributed by atoms with Gasteiger partial charge in [0.25, 0.3) is 11.4 Å². The number of carbonyl (C=O) groups is 1. The number of para-hydroxylation sites is 2. The second-order valence-corrected chi connectivity index (χ2v) is 8.29. The lowest BCUT2D eigenvalue weighted by molar-refractivity contribution is -0.274. The molecule has 4 N–H and O–H groups in total. The highest BCUT2D eigenvalue weighted by Gasteiger charge is 2.33. The number of nitrogens with two attached hydrogens (primary N) is 1. The first-order valence-corrected chi connectivity index (χ1v) is 11.4. The van der Waals surface area contributed by atoms with Crippen LogP contribution in [-0.4, -0.2) is 55.6 Å². The van der Waals surface area contributed by atoms with Gasteiger partial charge in [0.2, 0.25) is 0 Å². The van der Waals surface area contributed by atoms with Crippen molar-refractivity contribution >= 4 is 45.8 Å². The number of ether oxygens (including phenoxy) is 1. The molecule has 0 aromatic heterocycles. The molecule has 1 heterocycles. The van der Waals surface area contributed by atoms with Gasteiger partial charge in [0.1, 0.15) is 0 Å². The lowest BCUT2D eigenvalue weighted by Crippen LogP contribution is -2.34. The molecular formula is C21H24F3N3O5S2. The van der Waals surface area contributed by atoms with Gasteiger partial charge in [-0.15, -0.1) is 13.2 Å². The highest BCUT2D eigenvalue weighted by molar-refractivity contribution is 7.80. The standard InChI is InChI=1S/C21H22F3N3O2S.H2O3S/c1-26-11-9-14(10-12-26)19(28)15-5-4-6-16(13-15)27(20(25)30)17-7-2-3-8-18(17)29-21(22,23)24;1-4(2)3/h2-8,13-14H,9-12H2,1H3,(H2,25,30);(H2,1,2,3). The van der Waals surface area contributed by atoms with Crippen molar-refractivity contribution in [3.05, 3.63) is 54.1 Å². The number of rotatable bonds is 5. The smallest absolute Gasteiger partial charge is 0.404 e. The molecule has 0 amide bonds. The van der Waals surface area contributed by atoms with E-state index in [0.717, 1.165) is 25.9 Å². The van der Waals surface area contributed by atoms with Crippen LogP contribution in [0.2, 0.25) is 0 Å². The molecule has 13 heteroatoms. The SMILES string of the molecule is CN1CCC(C(=O)c2cccc(N(C(N)=S)c3ccccc3OC(F)(F)F)c2)CC1.O=S(O)O. The van der Waals surface area contributed by atoms with E-state index in [1.807, 2.05) is 7.05 Å². The van der Waals surface area contributed by atoms with E-state index < -0.39 is 23.5 Å². The van der Waals surface area contributed by atoms with E-state index in [-0.39, 0.29) is 22.5 Å². The number of hydrogen-bond acceptors (Lipinski definition) is 5. The summed E-state index contributed by atoms with van der Waals surface area (Å²) < 4.78 is 65.5. The maximum Gasteiger partial charge on any atom is 0.573 e. The quantitative estimate of drug-likeness (QED) is 0.304. The largest absolute Gasteiger partial charge is 0.573 e. The number of carbonyl (C=O) groups excluding carboxylic acids is 1. The average Bonchev–Trinajstić information content (AvgIpc) is 2.74. The van der Waals surface area contributed by atoms with E-state index in [2.05, 4.69) is 9.64 Å². The number of hydrogen-bond donors (Lipinski definition) is 3. The zero-order chi connectivity index (χ0) is 25.5. The fourth-order valence-electron chi connectivity index (χ4n) is 3.54. The molecule has 186 valence electrons. The zero-order valence-corrected chi connectivity index (χ0v) is 19.7. The molecule has 1 aliphatic heterocycles. The normalized spacial score (nSPS) is 14.8. The van der Waals surface area contributed by atoms with Gasteiger partial charge >= 0.3 is 6.36 Å². The third kappa shape index (κ3) is 8.33. The molecule has 0 radical (unpaired) electrons. The minimum Gasteiger partial charge on any atom is -0.404 e. The molecule has 0 saturated carbocycles. The van der Waals surface area contributed by atoms with E-state index in [0.29, 0.717) is 11.3 Å². The molecule has 0 unspecified atom stereocenters. The van der Waals surface area contributed by atoms with Crippen molar-refractivity contribution in [2.24, 2.45) is 11.7 Å². The summed E-state index contributed by atoms with van der Waals surface area (Å²) in [5.74, 6) is -0.520. The van der Waals surface area contributed by atoms with Crippen LogP contribution in [0.15, 0.2) is 48.5 Å². The number of halogens is 3. The number of piperidine rings is 1. The van der Waals surface area contributed by atoms with Gasteiger partial charge in [0, 0.05) is 17.2 Å². The summed E-state index contributed by atoms with van der Waals surface area (Å²) in [5.41, 5.74) is 6.74. The van der Waals surface area contributed by atoms with E-state index in [4.69, 9.17) is 31.3 Å².